The van der Waals surface area contributed by atoms with Crippen molar-refractivity contribution in [3.05, 3.63) is 84.4 Å². The number of imidazole rings is 1. The van der Waals surface area contributed by atoms with Crippen LogP contribution in [0, 0.1) is 0 Å². The van der Waals surface area contributed by atoms with E-state index in [0.717, 1.165) is 35.4 Å². The van der Waals surface area contributed by atoms with Gasteiger partial charge >= 0.3 is 0 Å². The van der Waals surface area contributed by atoms with Gasteiger partial charge in [0.05, 0.1) is 17.6 Å². The van der Waals surface area contributed by atoms with Crippen LogP contribution in [0.15, 0.2) is 78.9 Å². The van der Waals surface area contributed by atoms with Crippen LogP contribution in [0.4, 0.5) is 5.95 Å². The second-order valence-corrected chi connectivity index (χ2v) is 7.58. The molecule has 6 heteroatoms. The molecule has 31 heavy (non-hydrogen) atoms. The summed E-state index contributed by atoms with van der Waals surface area (Å²) in [6.07, 6.45) is 0.946. The maximum Gasteiger partial charge on any atom is 0.257 e. The van der Waals surface area contributed by atoms with E-state index in [0.29, 0.717) is 18.1 Å². The summed E-state index contributed by atoms with van der Waals surface area (Å²) >= 11 is 0. The van der Waals surface area contributed by atoms with E-state index < -0.39 is 0 Å². The van der Waals surface area contributed by atoms with Gasteiger partial charge in [-0.25, -0.2) is 4.98 Å². The molecule has 0 radical (unpaired) electrons. The molecular weight excluding hydrogens is 388 g/mol. The molecule has 0 bridgehead atoms. The fourth-order valence-corrected chi connectivity index (χ4v) is 3.41. The molecule has 1 aromatic heterocycles. The second kappa shape index (κ2) is 9.45. The Balaban J connectivity index is 1.66. The Morgan fingerprint density at radius 3 is 2.42 bits per heavy atom. The van der Waals surface area contributed by atoms with E-state index in [1.807, 2.05) is 85.4 Å². The monoisotopic (exact) mass is 414 g/mol. The summed E-state index contributed by atoms with van der Waals surface area (Å²) in [4.78, 5) is 19.6. The Morgan fingerprint density at radius 1 is 1.00 bits per heavy atom. The van der Waals surface area contributed by atoms with Crippen LogP contribution < -0.4 is 10.1 Å². The summed E-state index contributed by atoms with van der Waals surface area (Å²) in [5, 5.41) is 2.97. The Bertz CT molecular complexity index is 1150. The van der Waals surface area contributed by atoms with Crippen LogP contribution in [0.1, 0.15) is 16.8 Å². The first kappa shape index (κ1) is 20.6. The van der Waals surface area contributed by atoms with E-state index in [-0.39, 0.29) is 5.91 Å². The molecule has 0 aliphatic carbocycles. The summed E-state index contributed by atoms with van der Waals surface area (Å²) in [6.45, 7) is 1.61. The fraction of sp³-hybridized carbons (Fsp3) is 0.200. The van der Waals surface area contributed by atoms with Gasteiger partial charge in [0, 0.05) is 23.9 Å². The number of amides is 1. The number of hydrogen-bond donors (Lipinski definition) is 1. The quantitative estimate of drug-likeness (QED) is 0.428. The average molecular weight is 415 g/mol. The second-order valence-electron chi connectivity index (χ2n) is 7.58. The number of benzene rings is 3. The minimum atomic E-state index is -0.201. The minimum absolute atomic E-state index is 0.201. The van der Waals surface area contributed by atoms with Crippen LogP contribution in [-0.4, -0.2) is 47.6 Å². The third kappa shape index (κ3) is 4.92. The zero-order valence-corrected chi connectivity index (χ0v) is 17.8. The lowest BCUT2D eigenvalue weighted by atomic mass is 10.2. The molecular formula is C25H26N4O2. The molecule has 1 heterocycles. The molecule has 0 aliphatic heterocycles. The van der Waals surface area contributed by atoms with Gasteiger partial charge in [0.1, 0.15) is 5.75 Å². The minimum Gasteiger partial charge on any atom is -0.493 e. The number of anilines is 1. The maximum absolute atomic E-state index is 12.8. The van der Waals surface area contributed by atoms with Crippen LogP contribution in [-0.2, 0) is 0 Å². The Kier molecular flexibility index (Phi) is 6.29. The van der Waals surface area contributed by atoms with Gasteiger partial charge in [-0.05, 0) is 56.9 Å². The zero-order chi connectivity index (χ0) is 21.6. The molecule has 3 aromatic carbocycles. The molecule has 158 valence electrons. The number of rotatable bonds is 8. The third-order valence-electron chi connectivity index (χ3n) is 4.92. The number of carbonyl (C=O) groups excluding carboxylic acids is 1. The molecule has 4 rings (SSSR count). The first-order valence-corrected chi connectivity index (χ1v) is 10.3. The van der Waals surface area contributed by atoms with Crippen molar-refractivity contribution in [2.75, 3.05) is 32.6 Å². The van der Waals surface area contributed by atoms with Crippen molar-refractivity contribution in [3.8, 4) is 11.4 Å². The van der Waals surface area contributed by atoms with E-state index >= 15 is 0 Å². The van der Waals surface area contributed by atoms with Gasteiger partial charge < -0.3 is 9.64 Å². The number of nitrogens with zero attached hydrogens (tertiary/aromatic N) is 3. The van der Waals surface area contributed by atoms with Gasteiger partial charge in [-0.15, -0.1) is 0 Å². The van der Waals surface area contributed by atoms with Crippen molar-refractivity contribution in [3.63, 3.8) is 0 Å². The molecule has 0 atom stereocenters. The van der Waals surface area contributed by atoms with Crippen LogP contribution in [0.25, 0.3) is 16.7 Å². The van der Waals surface area contributed by atoms with E-state index in [4.69, 9.17) is 9.72 Å². The molecule has 4 aromatic rings. The number of fused-ring (bicyclic) bond motifs is 1. The highest BCUT2D eigenvalue weighted by atomic mass is 16.5. The molecule has 0 saturated carbocycles. The number of aromatic nitrogens is 2. The molecule has 0 spiro atoms. The summed E-state index contributed by atoms with van der Waals surface area (Å²) in [6, 6.07) is 24.9. The average Bonchev–Trinajstić information content (AvgIpc) is 3.14. The summed E-state index contributed by atoms with van der Waals surface area (Å²) in [5.74, 6) is 1.04. The van der Waals surface area contributed by atoms with E-state index in [2.05, 4.69) is 10.2 Å². The van der Waals surface area contributed by atoms with Crippen molar-refractivity contribution in [1.29, 1.82) is 0 Å². The summed E-state index contributed by atoms with van der Waals surface area (Å²) in [5.41, 5.74) is 3.17. The van der Waals surface area contributed by atoms with Crippen LogP contribution in [0.2, 0.25) is 0 Å². The van der Waals surface area contributed by atoms with Gasteiger partial charge in [0.25, 0.3) is 5.91 Å². The lowest BCUT2D eigenvalue weighted by molar-refractivity contribution is 0.102. The van der Waals surface area contributed by atoms with Crippen molar-refractivity contribution in [2.24, 2.45) is 0 Å². The predicted molar refractivity (Wildman–Crippen MR) is 124 cm³/mol. The predicted octanol–water partition coefficient (Wildman–Crippen LogP) is 4.61. The summed E-state index contributed by atoms with van der Waals surface area (Å²) < 4.78 is 7.86. The highest BCUT2D eigenvalue weighted by Gasteiger charge is 2.16. The van der Waals surface area contributed by atoms with Gasteiger partial charge in [0.15, 0.2) is 0 Å². The maximum atomic E-state index is 12.8. The number of ether oxygens (including phenoxy) is 1. The number of para-hydroxylation sites is 1. The van der Waals surface area contributed by atoms with E-state index in [1.54, 1.807) is 12.1 Å². The Hall–Kier alpha value is -3.64. The van der Waals surface area contributed by atoms with Gasteiger partial charge in [0.2, 0.25) is 5.95 Å². The van der Waals surface area contributed by atoms with Gasteiger partial charge in [-0.1, -0.05) is 36.4 Å². The topological polar surface area (TPSA) is 59.4 Å². The molecule has 1 N–H and O–H groups in total. The SMILES string of the molecule is CN(C)CCCOc1ccc2c(c1)nc(NC(=O)c1ccccc1)n2-c1ccccc1. The normalized spacial score (nSPS) is 11.1. The fourth-order valence-electron chi connectivity index (χ4n) is 3.41. The van der Waals surface area contributed by atoms with Crippen LogP contribution in [0.3, 0.4) is 0 Å². The Morgan fingerprint density at radius 2 is 1.71 bits per heavy atom. The van der Waals surface area contributed by atoms with Crippen LogP contribution >= 0.6 is 0 Å². The highest BCUT2D eigenvalue weighted by molar-refractivity contribution is 6.04. The number of nitrogens with one attached hydrogen (secondary N) is 1. The molecule has 0 aliphatic rings. The molecule has 1 amide bonds. The van der Waals surface area contributed by atoms with Gasteiger partial charge in [-0.3, -0.25) is 14.7 Å². The van der Waals surface area contributed by atoms with Crippen molar-refractivity contribution < 1.29 is 9.53 Å². The van der Waals surface area contributed by atoms with Crippen LogP contribution in [0.5, 0.6) is 5.75 Å². The molecule has 0 fully saturated rings. The number of hydrogen-bond acceptors (Lipinski definition) is 4. The zero-order valence-electron chi connectivity index (χ0n) is 17.8. The third-order valence-corrected chi connectivity index (χ3v) is 4.92. The lowest BCUT2D eigenvalue weighted by Crippen LogP contribution is -2.15. The highest BCUT2D eigenvalue weighted by Crippen LogP contribution is 2.28. The lowest BCUT2D eigenvalue weighted by Gasteiger charge is -2.11. The van der Waals surface area contributed by atoms with Crippen molar-refractivity contribution in [1.82, 2.24) is 14.5 Å². The molecule has 6 nitrogen and oxygen atoms in total. The summed E-state index contributed by atoms with van der Waals surface area (Å²) in [7, 11) is 4.10. The largest absolute Gasteiger partial charge is 0.493 e. The first-order chi connectivity index (χ1) is 15.1. The standard InChI is InChI=1S/C25H26N4O2/c1-28(2)16-9-17-31-21-14-15-23-22(18-21)26-25(29(23)20-12-7-4-8-13-20)27-24(30)19-10-5-3-6-11-19/h3-8,10-15,18H,9,16-17H2,1-2H3,(H,26,27,30). The smallest absolute Gasteiger partial charge is 0.257 e. The van der Waals surface area contributed by atoms with E-state index in [1.165, 1.54) is 0 Å². The molecule has 0 unspecified atom stereocenters. The van der Waals surface area contributed by atoms with Crippen molar-refractivity contribution >= 4 is 22.9 Å². The molecule has 0 saturated heterocycles. The Labute approximate surface area is 182 Å². The van der Waals surface area contributed by atoms with E-state index in [9.17, 15) is 4.79 Å². The van der Waals surface area contributed by atoms with Gasteiger partial charge in [-0.2, -0.15) is 0 Å². The number of carbonyl (C=O) groups is 1. The van der Waals surface area contributed by atoms with Crippen molar-refractivity contribution in [2.45, 2.75) is 6.42 Å². The first-order valence-electron chi connectivity index (χ1n) is 10.3.